The highest BCUT2D eigenvalue weighted by molar-refractivity contribution is 5.95. The van der Waals surface area contributed by atoms with Crippen molar-refractivity contribution in [3.8, 4) is 11.4 Å². The molecule has 2 aliphatic rings. The molecule has 3 aromatic rings. The average Bonchev–Trinajstić information content (AvgIpc) is 3.53. The van der Waals surface area contributed by atoms with Crippen LogP contribution in [-0.4, -0.2) is 39.9 Å². The summed E-state index contributed by atoms with van der Waals surface area (Å²) in [5, 5.41) is 4.13. The van der Waals surface area contributed by atoms with E-state index >= 15 is 0 Å². The van der Waals surface area contributed by atoms with Crippen molar-refractivity contribution >= 4 is 23.6 Å². The highest BCUT2D eigenvalue weighted by atomic mass is 16.5. The largest absolute Gasteiger partial charge is 0.337 e. The van der Waals surface area contributed by atoms with Gasteiger partial charge in [0.15, 0.2) is 0 Å². The molecule has 0 N–H and O–H groups in total. The Labute approximate surface area is 192 Å². The number of anilines is 1. The van der Waals surface area contributed by atoms with E-state index in [-0.39, 0.29) is 17.9 Å². The summed E-state index contributed by atoms with van der Waals surface area (Å²) in [6, 6.07) is 17.2. The Morgan fingerprint density at radius 3 is 2.58 bits per heavy atom. The van der Waals surface area contributed by atoms with Gasteiger partial charge in [-0.15, -0.1) is 0 Å². The van der Waals surface area contributed by atoms with Gasteiger partial charge >= 0.3 is 0 Å². The number of nitrogens with zero attached hydrogens (tertiary/aromatic N) is 4. The van der Waals surface area contributed by atoms with Gasteiger partial charge < -0.3 is 14.3 Å². The fourth-order valence-electron chi connectivity index (χ4n) is 4.48. The molecule has 2 saturated heterocycles. The van der Waals surface area contributed by atoms with Gasteiger partial charge in [-0.1, -0.05) is 47.6 Å². The van der Waals surface area contributed by atoms with Crippen molar-refractivity contribution in [2.24, 2.45) is 0 Å². The first-order valence-corrected chi connectivity index (χ1v) is 11.5. The maximum absolute atomic E-state index is 13.0. The van der Waals surface area contributed by atoms with E-state index in [0.29, 0.717) is 24.7 Å². The number of hydrogen-bond acceptors (Lipinski definition) is 5. The molecule has 1 aromatic heterocycles. The lowest BCUT2D eigenvalue weighted by molar-refractivity contribution is -0.130. The second-order valence-electron chi connectivity index (χ2n) is 8.44. The molecule has 2 aromatic carbocycles. The minimum absolute atomic E-state index is 0.0713. The summed E-state index contributed by atoms with van der Waals surface area (Å²) in [4.78, 5) is 33.2. The van der Waals surface area contributed by atoms with Gasteiger partial charge in [-0.3, -0.25) is 9.59 Å². The summed E-state index contributed by atoms with van der Waals surface area (Å²) in [5.74, 6) is 1.12. The molecule has 7 nitrogen and oxygen atoms in total. The lowest BCUT2D eigenvalue weighted by atomic mass is 10.0. The standard InChI is InChI=1S/C26H26N4O3/c31-23-10-6-18-29(23)21-14-11-19(12-15-21)13-16-24(32)30-17-5-4-9-22(30)26-27-25(28-33-26)20-7-2-1-3-8-20/h1-3,7-8,11-16,22H,4-6,9-10,17-18H2. The first kappa shape index (κ1) is 21.1. The van der Waals surface area contributed by atoms with Crippen molar-refractivity contribution in [2.45, 2.75) is 38.1 Å². The minimum atomic E-state index is -0.218. The second-order valence-corrected chi connectivity index (χ2v) is 8.44. The third-order valence-electron chi connectivity index (χ3n) is 6.24. The first-order valence-electron chi connectivity index (χ1n) is 11.5. The molecular formula is C26H26N4O3. The highest BCUT2D eigenvalue weighted by Crippen LogP contribution is 2.31. The molecular weight excluding hydrogens is 416 g/mol. The summed E-state index contributed by atoms with van der Waals surface area (Å²) < 4.78 is 5.56. The Kier molecular flexibility index (Phi) is 6.02. The number of hydrogen-bond donors (Lipinski definition) is 0. The van der Waals surface area contributed by atoms with Crippen molar-refractivity contribution in [2.75, 3.05) is 18.0 Å². The number of carbonyl (C=O) groups is 2. The molecule has 0 bridgehead atoms. The minimum Gasteiger partial charge on any atom is -0.337 e. The van der Waals surface area contributed by atoms with E-state index in [1.807, 2.05) is 70.5 Å². The zero-order valence-corrected chi connectivity index (χ0v) is 18.4. The topological polar surface area (TPSA) is 79.5 Å². The number of benzene rings is 2. The van der Waals surface area contributed by atoms with Crippen LogP contribution in [0.25, 0.3) is 17.5 Å². The number of aromatic nitrogens is 2. The van der Waals surface area contributed by atoms with Gasteiger partial charge in [0.1, 0.15) is 6.04 Å². The van der Waals surface area contributed by atoms with Crippen molar-refractivity contribution in [1.82, 2.24) is 15.0 Å². The van der Waals surface area contributed by atoms with Gasteiger partial charge in [0.25, 0.3) is 0 Å². The maximum atomic E-state index is 13.0. The Balaban J connectivity index is 1.28. The van der Waals surface area contributed by atoms with Crippen molar-refractivity contribution in [3.05, 3.63) is 72.1 Å². The lowest BCUT2D eigenvalue weighted by Gasteiger charge is -2.32. The number of rotatable bonds is 5. The van der Waals surface area contributed by atoms with Crippen LogP contribution < -0.4 is 4.90 Å². The van der Waals surface area contributed by atoms with E-state index < -0.39 is 0 Å². The van der Waals surface area contributed by atoms with Crippen molar-refractivity contribution in [3.63, 3.8) is 0 Å². The first-order chi connectivity index (χ1) is 16.2. The number of piperidine rings is 1. The normalized spacial score (nSPS) is 18.9. The highest BCUT2D eigenvalue weighted by Gasteiger charge is 2.31. The zero-order valence-electron chi connectivity index (χ0n) is 18.4. The predicted molar refractivity (Wildman–Crippen MR) is 125 cm³/mol. The molecule has 1 unspecified atom stereocenters. The van der Waals surface area contributed by atoms with Gasteiger partial charge in [-0.05, 0) is 49.5 Å². The second kappa shape index (κ2) is 9.40. The van der Waals surface area contributed by atoms with Crippen LogP contribution >= 0.6 is 0 Å². The smallest absolute Gasteiger partial charge is 0.249 e. The summed E-state index contributed by atoms with van der Waals surface area (Å²) in [5.41, 5.74) is 2.71. The van der Waals surface area contributed by atoms with Crippen LogP contribution in [0.1, 0.15) is 49.6 Å². The van der Waals surface area contributed by atoms with Gasteiger partial charge in [0.05, 0.1) is 0 Å². The molecule has 3 heterocycles. The average molecular weight is 443 g/mol. The lowest BCUT2D eigenvalue weighted by Crippen LogP contribution is -2.37. The predicted octanol–water partition coefficient (Wildman–Crippen LogP) is 4.63. The quantitative estimate of drug-likeness (QED) is 0.538. The molecule has 0 aliphatic carbocycles. The van der Waals surface area contributed by atoms with E-state index in [1.54, 1.807) is 6.08 Å². The van der Waals surface area contributed by atoms with Gasteiger partial charge in [-0.2, -0.15) is 4.98 Å². The third-order valence-corrected chi connectivity index (χ3v) is 6.24. The molecule has 33 heavy (non-hydrogen) atoms. The number of likely N-dealkylation sites (tertiary alicyclic amines) is 1. The summed E-state index contributed by atoms with van der Waals surface area (Å²) in [7, 11) is 0. The molecule has 1 atom stereocenters. The Hall–Kier alpha value is -3.74. The third kappa shape index (κ3) is 4.58. The van der Waals surface area contributed by atoms with Gasteiger partial charge in [0.2, 0.25) is 23.5 Å². The molecule has 5 rings (SSSR count). The number of carbonyl (C=O) groups excluding carboxylic acids is 2. The fourth-order valence-corrected chi connectivity index (χ4v) is 4.48. The fraction of sp³-hybridized carbons (Fsp3) is 0.308. The van der Waals surface area contributed by atoms with Crippen LogP contribution in [-0.2, 0) is 9.59 Å². The van der Waals surface area contributed by atoms with Gasteiger partial charge in [0, 0.05) is 36.8 Å². The summed E-state index contributed by atoms with van der Waals surface area (Å²) >= 11 is 0. The molecule has 168 valence electrons. The molecule has 0 spiro atoms. The number of amides is 2. The van der Waals surface area contributed by atoms with Crippen molar-refractivity contribution in [1.29, 1.82) is 0 Å². The van der Waals surface area contributed by atoms with Crippen LogP contribution in [0.5, 0.6) is 0 Å². The van der Waals surface area contributed by atoms with E-state index in [2.05, 4.69) is 10.1 Å². The van der Waals surface area contributed by atoms with E-state index in [4.69, 9.17) is 4.52 Å². The molecule has 7 heteroatoms. The van der Waals surface area contributed by atoms with Crippen LogP contribution in [0.3, 0.4) is 0 Å². The molecule has 2 amide bonds. The van der Waals surface area contributed by atoms with E-state index in [1.165, 1.54) is 0 Å². The Bertz CT molecular complexity index is 1150. The van der Waals surface area contributed by atoms with Crippen LogP contribution in [0.2, 0.25) is 0 Å². The SMILES string of the molecule is O=C1CCCN1c1ccc(C=CC(=O)N2CCCCC2c2nc(-c3ccccc3)no2)cc1. The van der Waals surface area contributed by atoms with Crippen LogP contribution in [0, 0.1) is 0 Å². The summed E-state index contributed by atoms with van der Waals surface area (Å²) in [6.07, 6.45) is 7.69. The maximum Gasteiger partial charge on any atom is 0.249 e. The Morgan fingerprint density at radius 2 is 1.82 bits per heavy atom. The monoisotopic (exact) mass is 442 g/mol. The van der Waals surface area contributed by atoms with E-state index in [0.717, 1.165) is 49.0 Å². The van der Waals surface area contributed by atoms with Crippen LogP contribution in [0.15, 0.2) is 65.2 Å². The molecule has 2 aliphatic heterocycles. The van der Waals surface area contributed by atoms with Crippen molar-refractivity contribution < 1.29 is 14.1 Å². The molecule has 0 saturated carbocycles. The molecule has 2 fully saturated rings. The summed E-state index contributed by atoms with van der Waals surface area (Å²) in [6.45, 7) is 1.43. The zero-order chi connectivity index (χ0) is 22.6. The van der Waals surface area contributed by atoms with Gasteiger partial charge in [-0.25, -0.2) is 0 Å². The van der Waals surface area contributed by atoms with Crippen LogP contribution in [0.4, 0.5) is 5.69 Å². The Morgan fingerprint density at radius 1 is 1.00 bits per heavy atom. The van der Waals surface area contributed by atoms with E-state index in [9.17, 15) is 9.59 Å². The molecule has 0 radical (unpaired) electrons.